The van der Waals surface area contributed by atoms with Crippen molar-refractivity contribution in [3.05, 3.63) is 34.9 Å². The normalized spacial score (nSPS) is 33.2. The topological polar surface area (TPSA) is 40.5 Å². The van der Waals surface area contributed by atoms with Crippen LogP contribution in [-0.4, -0.2) is 35.1 Å². The van der Waals surface area contributed by atoms with Crippen molar-refractivity contribution in [3.8, 4) is 0 Å². The first-order chi connectivity index (χ1) is 11.6. The summed E-state index contributed by atoms with van der Waals surface area (Å²) in [6.45, 7) is 1.01. The molecule has 130 valence electrons. The Bertz CT molecular complexity index is 587. The van der Waals surface area contributed by atoms with Crippen molar-refractivity contribution in [1.29, 1.82) is 0 Å². The molecule has 4 rings (SSSR count). The molecule has 0 atom stereocenters. The molecule has 1 N–H and O–H groups in total. The van der Waals surface area contributed by atoms with E-state index in [1.807, 2.05) is 17.0 Å². The highest BCUT2D eigenvalue weighted by Crippen LogP contribution is 2.56. The SMILES string of the molecule is O=C(CC1(c2ccc(Cl)cc2)C2CCCC1CCC2)N1CC(O)C1. The molecule has 1 aliphatic heterocycles. The van der Waals surface area contributed by atoms with Gasteiger partial charge in [0.2, 0.25) is 5.91 Å². The molecule has 2 bridgehead atoms. The van der Waals surface area contributed by atoms with Crippen LogP contribution in [0.1, 0.15) is 50.5 Å². The van der Waals surface area contributed by atoms with Crippen molar-refractivity contribution in [2.75, 3.05) is 13.1 Å². The molecule has 24 heavy (non-hydrogen) atoms. The van der Waals surface area contributed by atoms with Crippen molar-refractivity contribution in [2.45, 2.75) is 56.5 Å². The Kier molecular flexibility index (Phi) is 4.34. The third-order valence-electron chi connectivity index (χ3n) is 6.71. The molecule has 1 aromatic rings. The predicted octanol–water partition coefficient (Wildman–Crippen LogP) is 3.77. The highest BCUT2D eigenvalue weighted by atomic mass is 35.5. The first-order valence-electron chi connectivity index (χ1n) is 9.31. The van der Waals surface area contributed by atoms with Crippen LogP contribution in [0.15, 0.2) is 24.3 Å². The van der Waals surface area contributed by atoms with E-state index in [-0.39, 0.29) is 17.4 Å². The Morgan fingerprint density at radius 2 is 1.62 bits per heavy atom. The monoisotopic (exact) mass is 347 g/mol. The number of nitrogens with zero attached hydrogens (tertiary/aromatic N) is 1. The molecule has 3 aliphatic rings. The average molecular weight is 348 g/mol. The van der Waals surface area contributed by atoms with Crippen molar-refractivity contribution in [1.82, 2.24) is 4.90 Å². The maximum atomic E-state index is 12.9. The van der Waals surface area contributed by atoms with Gasteiger partial charge in [0.15, 0.2) is 0 Å². The molecule has 2 saturated carbocycles. The van der Waals surface area contributed by atoms with Crippen LogP contribution in [0, 0.1) is 11.8 Å². The summed E-state index contributed by atoms with van der Waals surface area (Å²) >= 11 is 6.12. The number of aliphatic hydroxyl groups is 1. The molecule has 1 aromatic carbocycles. The van der Waals surface area contributed by atoms with Gasteiger partial charge in [-0.1, -0.05) is 36.6 Å². The number of hydrogen-bond acceptors (Lipinski definition) is 2. The molecule has 3 nitrogen and oxygen atoms in total. The predicted molar refractivity (Wildman–Crippen MR) is 95.0 cm³/mol. The number of benzene rings is 1. The second-order valence-electron chi connectivity index (χ2n) is 7.93. The lowest BCUT2D eigenvalue weighted by molar-refractivity contribution is -0.145. The number of halogens is 1. The summed E-state index contributed by atoms with van der Waals surface area (Å²) in [5, 5.41) is 10.3. The zero-order valence-electron chi connectivity index (χ0n) is 14.1. The number of likely N-dealkylation sites (tertiary alicyclic amines) is 1. The molecule has 1 amide bonds. The molecular formula is C20H26ClNO2. The number of amides is 1. The Balaban J connectivity index is 1.69. The Morgan fingerprint density at radius 3 is 2.12 bits per heavy atom. The van der Waals surface area contributed by atoms with Crippen LogP contribution in [0.2, 0.25) is 5.02 Å². The van der Waals surface area contributed by atoms with E-state index in [1.165, 1.54) is 44.1 Å². The lowest BCUT2D eigenvalue weighted by atomic mass is 9.50. The summed E-state index contributed by atoms with van der Waals surface area (Å²) in [5.41, 5.74) is 1.27. The average Bonchev–Trinajstić information content (AvgIpc) is 2.52. The fourth-order valence-electron chi connectivity index (χ4n) is 5.52. The van der Waals surface area contributed by atoms with Gasteiger partial charge in [0.25, 0.3) is 0 Å². The third-order valence-corrected chi connectivity index (χ3v) is 6.96. The lowest BCUT2D eigenvalue weighted by Gasteiger charge is -2.54. The first kappa shape index (κ1) is 16.4. The van der Waals surface area contributed by atoms with E-state index in [0.29, 0.717) is 31.3 Å². The quantitative estimate of drug-likeness (QED) is 0.904. The van der Waals surface area contributed by atoms with Gasteiger partial charge < -0.3 is 10.0 Å². The highest BCUT2D eigenvalue weighted by molar-refractivity contribution is 6.30. The molecule has 0 radical (unpaired) electrons. The van der Waals surface area contributed by atoms with Gasteiger partial charge >= 0.3 is 0 Å². The zero-order chi connectivity index (χ0) is 16.7. The molecule has 1 saturated heterocycles. The molecule has 2 aliphatic carbocycles. The largest absolute Gasteiger partial charge is 0.389 e. The van der Waals surface area contributed by atoms with Gasteiger partial charge in [-0.05, 0) is 55.2 Å². The fraction of sp³-hybridized carbons (Fsp3) is 0.650. The molecule has 4 heteroatoms. The smallest absolute Gasteiger partial charge is 0.223 e. The third kappa shape index (κ3) is 2.66. The molecular weight excluding hydrogens is 322 g/mol. The van der Waals surface area contributed by atoms with Crippen molar-refractivity contribution < 1.29 is 9.90 Å². The summed E-state index contributed by atoms with van der Waals surface area (Å²) in [6.07, 6.45) is 7.78. The second kappa shape index (κ2) is 6.34. The van der Waals surface area contributed by atoms with Crippen LogP contribution in [0.4, 0.5) is 0 Å². The van der Waals surface area contributed by atoms with E-state index >= 15 is 0 Å². The van der Waals surface area contributed by atoms with Gasteiger partial charge in [0.05, 0.1) is 6.10 Å². The fourth-order valence-corrected chi connectivity index (χ4v) is 5.64. The van der Waals surface area contributed by atoms with E-state index in [9.17, 15) is 9.90 Å². The van der Waals surface area contributed by atoms with Crippen LogP contribution in [0.3, 0.4) is 0 Å². The molecule has 0 spiro atoms. The Morgan fingerprint density at radius 1 is 1.08 bits per heavy atom. The maximum absolute atomic E-state index is 12.9. The number of aliphatic hydroxyl groups excluding tert-OH is 1. The van der Waals surface area contributed by atoms with E-state index in [1.54, 1.807) is 0 Å². The summed E-state index contributed by atoms with van der Waals surface area (Å²) in [7, 11) is 0. The standard InChI is InChI=1S/C20H26ClNO2/c21-17-9-7-16(8-10-17)20(11-19(24)22-12-18(23)13-22)14-3-1-4-15(20)6-2-5-14/h7-10,14-15,18,23H,1-6,11-13H2. The van der Waals surface area contributed by atoms with E-state index in [0.717, 1.165) is 5.02 Å². The van der Waals surface area contributed by atoms with Gasteiger partial charge in [0.1, 0.15) is 0 Å². The van der Waals surface area contributed by atoms with E-state index in [4.69, 9.17) is 11.6 Å². The number of hydrogen-bond donors (Lipinski definition) is 1. The number of fused-ring (bicyclic) bond motifs is 2. The summed E-state index contributed by atoms with van der Waals surface area (Å²) in [4.78, 5) is 14.7. The summed E-state index contributed by atoms with van der Waals surface area (Å²) < 4.78 is 0. The Hall–Kier alpha value is -1.06. The molecule has 1 heterocycles. The maximum Gasteiger partial charge on any atom is 0.223 e. The second-order valence-corrected chi connectivity index (χ2v) is 8.37. The highest BCUT2D eigenvalue weighted by Gasteiger charge is 2.52. The van der Waals surface area contributed by atoms with Gasteiger partial charge in [-0.25, -0.2) is 0 Å². The number of carbonyl (C=O) groups is 1. The Labute approximate surface area is 149 Å². The van der Waals surface area contributed by atoms with Gasteiger partial charge in [-0.3, -0.25) is 4.79 Å². The summed E-state index contributed by atoms with van der Waals surface area (Å²) in [5.74, 6) is 1.41. The van der Waals surface area contributed by atoms with Crippen LogP contribution < -0.4 is 0 Å². The van der Waals surface area contributed by atoms with Crippen molar-refractivity contribution in [2.24, 2.45) is 11.8 Å². The minimum Gasteiger partial charge on any atom is -0.389 e. The zero-order valence-corrected chi connectivity index (χ0v) is 14.8. The lowest BCUT2D eigenvalue weighted by Crippen LogP contribution is -2.57. The number of rotatable bonds is 3. The van der Waals surface area contributed by atoms with E-state index in [2.05, 4.69) is 12.1 Å². The first-order valence-corrected chi connectivity index (χ1v) is 9.69. The summed E-state index contributed by atoms with van der Waals surface area (Å²) in [6, 6.07) is 8.25. The van der Waals surface area contributed by atoms with Gasteiger partial charge in [0, 0.05) is 29.9 Å². The van der Waals surface area contributed by atoms with E-state index < -0.39 is 0 Å². The van der Waals surface area contributed by atoms with Crippen molar-refractivity contribution >= 4 is 17.5 Å². The van der Waals surface area contributed by atoms with Crippen LogP contribution >= 0.6 is 11.6 Å². The molecule has 0 unspecified atom stereocenters. The van der Waals surface area contributed by atoms with Gasteiger partial charge in [-0.2, -0.15) is 0 Å². The minimum absolute atomic E-state index is 0.0291. The van der Waals surface area contributed by atoms with Crippen molar-refractivity contribution in [3.63, 3.8) is 0 Å². The van der Waals surface area contributed by atoms with Crippen LogP contribution in [-0.2, 0) is 10.2 Å². The number of β-amino-alcohol motifs (C(OH)–C–C–N with tert-alkyl or cyclic N) is 1. The molecule has 3 fully saturated rings. The van der Waals surface area contributed by atoms with Crippen LogP contribution in [0.5, 0.6) is 0 Å². The van der Waals surface area contributed by atoms with Gasteiger partial charge in [-0.15, -0.1) is 0 Å². The molecule has 0 aromatic heterocycles. The van der Waals surface area contributed by atoms with Crippen LogP contribution in [0.25, 0.3) is 0 Å². The number of carbonyl (C=O) groups excluding carboxylic acids is 1. The minimum atomic E-state index is -0.328.